The van der Waals surface area contributed by atoms with Crippen LogP contribution in [-0.4, -0.2) is 51.2 Å². The lowest BCUT2D eigenvalue weighted by atomic mass is 9.94. The van der Waals surface area contributed by atoms with Gasteiger partial charge in [-0.05, 0) is 48.2 Å². The van der Waals surface area contributed by atoms with Gasteiger partial charge in [0.15, 0.2) is 0 Å². The second-order valence-corrected chi connectivity index (χ2v) is 13.2. The predicted octanol–water partition coefficient (Wildman–Crippen LogP) is 7.03. The van der Waals surface area contributed by atoms with Crippen molar-refractivity contribution in [1.29, 1.82) is 0 Å². The van der Waals surface area contributed by atoms with Gasteiger partial charge in [-0.15, -0.1) is 0 Å². The Morgan fingerprint density at radius 2 is 1.08 bits per heavy atom. The third-order valence-corrected chi connectivity index (χ3v) is 10.0. The molecule has 50 heavy (non-hydrogen) atoms. The molecule has 4 aromatic carbocycles. The summed E-state index contributed by atoms with van der Waals surface area (Å²) in [7, 11) is 2.97. The van der Waals surface area contributed by atoms with Gasteiger partial charge in [-0.1, -0.05) is 59.6 Å². The molecule has 4 N–H and O–H groups in total. The van der Waals surface area contributed by atoms with Crippen LogP contribution in [0.5, 0.6) is 11.5 Å². The molecule has 6 rings (SSSR count). The van der Waals surface area contributed by atoms with E-state index < -0.39 is 11.6 Å². The van der Waals surface area contributed by atoms with Crippen molar-refractivity contribution in [3.05, 3.63) is 93.5 Å². The average Bonchev–Trinajstić information content (AvgIpc) is 3.72. The van der Waals surface area contributed by atoms with E-state index in [0.29, 0.717) is 92.0 Å². The summed E-state index contributed by atoms with van der Waals surface area (Å²) in [5.74, 6) is -0.128. The van der Waals surface area contributed by atoms with Crippen LogP contribution in [0.4, 0.5) is 8.78 Å². The van der Waals surface area contributed by atoms with E-state index in [2.05, 4.69) is 21.3 Å². The summed E-state index contributed by atoms with van der Waals surface area (Å²) in [6, 6.07) is 17.3. The second kappa shape index (κ2) is 15.8. The summed E-state index contributed by atoms with van der Waals surface area (Å²) in [4.78, 5) is 23.0. The van der Waals surface area contributed by atoms with Gasteiger partial charge in [0.2, 0.25) is 11.8 Å². The number of amides is 2. The zero-order valence-corrected chi connectivity index (χ0v) is 29.2. The first-order valence-corrected chi connectivity index (χ1v) is 17.2. The molecule has 2 saturated heterocycles. The number of rotatable bonds is 13. The molecular weight excluding hydrogens is 685 g/mol. The van der Waals surface area contributed by atoms with E-state index in [9.17, 15) is 9.59 Å². The summed E-state index contributed by atoms with van der Waals surface area (Å²) in [6.07, 6.45) is 2.48. The van der Waals surface area contributed by atoms with E-state index in [1.807, 2.05) is 24.3 Å². The van der Waals surface area contributed by atoms with Crippen LogP contribution in [-0.2, 0) is 22.7 Å². The second-order valence-electron chi connectivity index (χ2n) is 12.5. The first-order chi connectivity index (χ1) is 24.2. The molecule has 2 amide bonds. The summed E-state index contributed by atoms with van der Waals surface area (Å²) in [6.45, 7) is 1.49. The van der Waals surface area contributed by atoms with Gasteiger partial charge < -0.3 is 30.7 Å². The van der Waals surface area contributed by atoms with Crippen LogP contribution in [0.15, 0.2) is 60.7 Å². The van der Waals surface area contributed by atoms with Crippen LogP contribution >= 0.6 is 23.2 Å². The molecule has 4 aromatic rings. The Bertz CT molecular complexity index is 1790. The molecule has 0 radical (unpaired) electrons. The number of methoxy groups -OCH3 is 2. The van der Waals surface area contributed by atoms with Crippen LogP contribution in [0.2, 0.25) is 10.0 Å². The van der Waals surface area contributed by atoms with E-state index >= 15 is 8.78 Å². The Balaban J connectivity index is 1.24. The van der Waals surface area contributed by atoms with Gasteiger partial charge in [0.25, 0.3) is 0 Å². The molecular formula is C38H38Cl2F2N4O4. The smallest absolute Gasteiger partial charge is 0.220 e. The molecule has 0 bridgehead atoms. The van der Waals surface area contributed by atoms with Crippen molar-refractivity contribution < 1.29 is 27.8 Å². The van der Waals surface area contributed by atoms with Crippen molar-refractivity contribution >= 4 is 35.0 Å². The Morgan fingerprint density at radius 1 is 0.680 bits per heavy atom. The Labute approximate surface area is 299 Å². The number of halogens is 4. The molecule has 2 atom stereocenters. The highest BCUT2D eigenvalue weighted by molar-refractivity contribution is 6.39. The van der Waals surface area contributed by atoms with Gasteiger partial charge in [0, 0.05) is 84.5 Å². The summed E-state index contributed by atoms with van der Waals surface area (Å²) in [5.41, 5.74) is 4.19. The molecule has 0 saturated carbocycles. The normalized spacial score (nSPS) is 17.2. The standard InChI is InChI=1S/C38H38Cl2F2N4O4/c1-49-33-15-21(13-31(41)29(33)19-43-17-23-9-11-35(47)45-23)25-5-3-7-27(37(25)39)28-8-4-6-26(38(28)40)22-14-32(42)30(34(16-22)50-2)20-44-18-24-10-12-36(48)46-24/h3-8,13-16,23-24,43-44H,9-12,17-20H2,1-2H3,(H,45,47)(H,46,48). The number of hydrogen-bond donors (Lipinski definition) is 4. The zero-order valence-electron chi connectivity index (χ0n) is 27.7. The van der Waals surface area contributed by atoms with Crippen LogP contribution in [0.1, 0.15) is 36.8 Å². The first kappa shape index (κ1) is 35.6. The Kier molecular flexibility index (Phi) is 11.2. The minimum atomic E-state index is -0.455. The third-order valence-electron chi connectivity index (χ3n) is 9.21. The monoisotopic (exact) mass is 722 g/mol. The topological polar surface area (TPSA) is 101 Å². The van der Waals surface area contributed by atoms with E-state index in [1.54, 1.807) is 24.3 Å². The lowest BCUT2D eigenvalue weighted by Crippen LogP contribution is -2.35. The first-order valence-electron chi connectivity index (χ1n) is 16.5. The van der Waals surface area contributed by atoms with E-state index in [-0.39, 0.29) is 37.0 Å². The van der Waals surface area contributed by atoms with Gasteiger partial charge in [-0.3, -0.25) is 9.59 Å². The Morgan fingerprint density at radius 3 is 1.44 bits per heavy atom. The van der Waals surface area contributed by atoms with Gasteiger partial charge in [0.1, 0.15) is 23.1 Å². The van der Waals surface area contributed by atoms with Crippen molar-refractivity contribution in [3.8, 4) is 44.9 Å². The summed E-state index contributed by atoms with van der Waals surface area (Å²) >= 11 is 14.0. The maximum absolute atomic E-state index is 15.6. The van der Waals surface area contributed by atoms with Crippen LogP contribution in [0.25, 0.3) is 33.4 Å². The quantitative estimate of drug-likeness (QED) is 0.118. The van der Waals surface area contributed by atoms with Crippen LogP contribution < -0.4 is 30.7 Å². The fraction of sp³-hybridized carbons (Fsp3) is 0.316. The van der Waals surface area contributed by atoms with Crippen molar-refractivity contribution in [3.63, 3.8) is 0 Å². The van der Waals surface area contributed by atoms with Gasteiger partial charge in [-0.2, -0.15) is 0 Å². The maximum atomic E-state index is 15.6. The van der Waals surface area contributed by atoms with Gasteiger partial charge in [-0.25, -0.2) is 8.78 Å². The van der Waals surface area contributed by atoms with Gasteiger partial charge in [0.05, 0.1) is 24.3 Å². The summed E-state index contributed by atoms with van der Waals surface area (Å²) < 4.78 is 42.3. The SMILES string of the molecule is COc1cc(-c2cccc(-c3cccc(-c4cc(F)c(CNCC5CCC(=O)N5)c(OC)c4)c3Cl)c2Cl)cc(F)c1CNCC1CCC(=O)N1. The van der Waals surface area contributed by atoms with E-state index in [4.69, 9.17) is 32.7 Å². The van der Waals surface area contributed by atoms with Crippen molar-refractivity contribution in [2.75, 3.05) is 27.3 Å². The number of nitrogens with one attached hydrogen (secondary N) is 4. The Hall–Kier alpha value is -4.22. The predicted molar refractivity (Wildman–Crippen MR) is 192 cm³/mol. The molecule has 12 heteroatoms. The average molecular weight is 724 g/mol. The minimum Gasteiger partial charge on any atom is -0.496 e. The van der Waals surface area contributed by atoms with Crippen LogP contribution in [0.3, 0.4) is 0 Å². The molecule has 2 unspecified atom stereocenters. The largest absolute Gasteiger partial charge is 0.496 e. The number of carbonyl (C=O) groups is 2. The molecule has 8 nitrogen and oxygen atoms in total. The lowest BCUT2D eigenvalue weighted by Gasteiger charge is -2.18. The molecule has 0 spiro atoms. The molecule has 2 aliphatic heterocycles. The van der Waals surface area contributed by atoms with Gasteiger partial charge >= 0.3 is 0 Å². The highest BCUT2D eigenvalue weighted by atomic mass is 35.5. The highest BCUT2D eigenvalue weighted by Crippen LogP contribution is 2.44. The highest BCUT2D eigenvalue weighted by Gasteiger charge is 2.23. The molecule has 2 heterocycles. The van der Waals surface area contributed by atoms with Crippen molar-refractivity contribution in [1.82, 2.24) is 21.3 Å². The lowest BCUT2D eigenvalue weighted by molar-refractivity contribution is -0.120. The summed E-state index contributed by atoms with van der Waals surface area (Å²) in [5, 5.41) is 12.9. The molecule has 2 fully saturated rings. The van der Waals surface area contributed by atoms with Crippen molar-refractivity contribution in [2.45, 2.75) is 50.9 Å². The van der Waals surface area contributed by atoms with Crippen molar-refractivity contribution in [2.24, 2.45) is 0 Å². The fourth-order valence-electron chi connectivity index (χ4n) is 6.57. The molecule has 262 valence electrons. The number of benzene rings is 4. The number of carbonyl (C=O) groups excluding carboxylic acids is 2. The van der Waals surface area contributed by atoms with Crippen LogP contribution in [0, 0.1) is 11.6 Å². The minimum absolute atomic E-state index is 0.0178. The maximum Gasteiger partial charge on any atom is 0.220 e. The number of hydrogen-bond acceptors (Lipinski definition) is 6. The fourth-order valence-corrected chi connectivity index (χ4v) is 7.24. The van der Waals surface area contributed by atoms with E-state index in [1.165, 1.54) is 26.4 Å². The van der Waals surface area contributed by atoms with E-state index in [0.717, 1.165) is 12.8 Å². The molecule has 0 aliphatic carbocycles. The number of ether oxygens (including phenoxy) is 2. The molecule has 0 aromatic heterocycles. The zero-order chi connectivity index (χ0) is 35.4. The molecule has 2 aliphatic rings. The third kappa shape index (κ3) is 7.73.